The van der Waals surface area contributed by atoms with Crippen molar-refractivity contribution in [1.82, 2.24) is 26.6 Å². The van der Waals surface area contributed by atoms with E-state index in [1.165, 1.54) is 12.8 Å². The summed E-state index contributed by atoms with van der Waals surface area (Å²) in [7, 11) is 0. The van der Waals surface area contributed by atoms with Crippen LogP contribution in [-0.4, -0.2) is 120 Å². The molecule has 5 amide bonds. The Morgan fingerprint density at radius 2 is 0.883 bits per heavy atom. The van der Waals surface area contributed by atoms with Gasteiger partial charge in [-0.2, -0.15) is 0 Å². The van der Waals surface area contributed by atoms with Gasteiger partial charge in [-0.1, -0.05) is 90.9 Å². The maximum atomic E-state index is 13.1. The highest BCUT2D eigenvalue weighted by molar-refractivity contribution is 5.88. The van der Waals surface area contributed by atoms with Crippen LogP contribution in [-0.2, 0) is 47.8 Å². The number of carbonyl (C=O) groups excluding carboxylic acids is 5. The van der Waals surface area contributed by atoms with Crippen LogP contribution in [0.25, 0.3) is 0 Å². The Hall–Kier alpha value is -4.32. The van der Waals surface area contributed by atoms with Crippen molar-refractivity contribution in [2.75, 3.05) is 39.5 Å². The number of hydrogen-bond acceptors (Lipinski definition) is 10. The number of ether oxygens (including phenoxy) is 2. The van der Waals surface area contributed by atoms with Crippen LogP contribution in [0.4, 0.5) is 0 Å². The first-order valence-corrected chi connectivity index (χ1v) is 22.1. The lowest BCUT2D eigenvalue weighted by Crippen LogP contribution is -2.48. The van der Waals surface area contributed by atoms with E-state index in [1.54, 1.807) is 0 Å². The van der Waals surface area contributed by atoms with Gasteiger partial charge in [-0.15, -0.1) is 0 Å². The number of carboxylic acid groups (broad SMARTS) is 3. The number of hydrogen-bond donors (Lipinski definition) is 8. The third kappa shape index (κ3) is 33.5. The number of amides is 5. The van der Waals surface area contributed by atoms with E-state index < -0.39 is 66.3 Å². The Bertz CT molecular complexity index is 1250. The van der Waals surface area contributed by atoms with E-state index in [9.17, 15) is 48.6 Å². The van der Waals surface area contributed by atoms with Gasteiger partial charge in [0, 0.05) is 38.8 Å². The average Bonchev–Trinajstić information content (AvgIpc) is 3.20. The zero-order chi connectivity index (χ0) is 44.8. The van der Waals surface area contributed by atoms with E-state index in [2.05, 4.69) is 40.4 Å². The normalized spacial score (nSPS) is 12.4. The standard InChI is InChI=1S/C42H75N5O13/c1-3-5-7-9-11-13-15-20-36(49)46-33(41(55)56)22-24-35(48)43-26-18-17-19-32(40(54)44-27-28-59-29-30-60-31-39(52)53)45-38(51)25-23-34(42(57)58)47-37(50)21-16-14-12-10-8-6-4-2/h32-34H,3-31H2,1-2H3,(H,43,48)(H,44,54)(H,45,51)(H,46,49)(H,47,50)(H,52,53)(H,55,56)(H,57,58)/t32-,33-,34-/m0/s1. The molecule has 0 radical (unpaired) electrons. The highest BCUT2D eigenvalue weighted by atomic mass is 16.5. The Labute approximate surface area is 355 Å². The summed E-state index contributed by atoms with van der Waals surface area (Å²) in [6.45, 7) is 4.32. The molecule has 0 saturated carbocycles. The van der Waals surface area contributed by atoms with Gasteiger partial charge in [-0.3, -0.25) is 24.0 Å². The second-order valence-electron chi connectivity index (χ2n) is 15.1. The summed E-state index contributed by atoms with van der Waals surface area (Å²) in [4.78, 5) is 97.3. The molecule has 0 fully saturated rings. The lowest BCUT2D eigenvalue weighted by molar-refractivity contribution is -0.143. The molecule has 0 aliphatic heterocycles. The highest BCUT2D eigenvalue weighted by Gasteiger charge is 2.25. The fraction of sp³-hybridized carbons (Fsp3) is 0.810. The maximum absolute atomic E-state index is 13.1. The molecule has 0 bridgehead atoms. The van der Waals surface area contributed by atoms with Gasteiger partial charge >= 0.3 is 17.9 Å². The average molecular weight is 858 g/mol. The Kier molecular flexibility index (Phi) is 35.0. The van der Waals surface area contributed by atoms with Gasteiger partial charge in [0.2, 0.25) is 29.5 Å². The SMILES string of the molecule is CCCCCCCCCC(=O)N[C@@H](CCC(=O)NCCCC[C@H](NC(=O)CC[C@H](NC(=O)CCCCCCCCC)C(=O)O)C(=O)NCCOCCOCC(=O)O)C(=O)O. The van der Waals surface area contributed by atoms with Crippen LogP contribution in [0.2, 0.25) is 0 Å². The number of aliphatic carboxylic acids is 3. The molecule has 18 heteroatoms. The van der Waals surface area contributed by atoms with Crippen LogP contribution in [0.15, 0.2) is 0 Å². The van der Waals surface area contributed by atoms with E-state index in [0.717, 1.165) is 64.2 Å². The van der Waals surface area contributed by atoms with E-state index in [-0.39, 0.29) is 83.8 Å². The molecular weight excluding hydrogens is 782 g/mol. The quantitative estimate of drug-likeness (QED) is 0.0405. The van der Waals surface area contributed by atoms with Gasteiger partial charge in [0.15, 0.2) is 0 Å². The summed E-state index contributed by atoms with van der Waals surface area (Å²) >= 11 is 0. The van der Waals surface area contributed by atoms with Crippen molar-refractivity contribution >= 4 is 47.4 Å². The molecule has 0 aromatic rings. The van der Waals surface area contributed by atoms with Gasteiger partial charge < -0.3 is 51.4 Å². The summed E-state index contributed by atoms with van der Waals surface area (Å²) < 4.78 is 10.2. The summed E-state index contributed by atoms with van der Waals surface area (Å²) in [6.07, 6.45) is 15.0. The van der Waals surface area contributed by atoms with Crippen LogP contribution < -0.4 is 26.6 Å². The van der Waals surface area contributed by atoms with E-state index in [1.807, 2.05) is 0 Å². The van der Waals surface area contributed by atoms with Crippen LogP contribution in [0.1, 0.15) is 162 Å². The minimum absolute atomic E-state index is 0.0441. The molecule has 3 atom stereocenters. The minimum Gasteiger partial charge on any atom is -0.480 e. The fourth-order valence-corrected chi connectivity index (χ4v) is 6.16. The van der Waals surface area contributed by atoms with Crippen molar-refractivity contribution in [3.63, 3.8) is 0 Å². The predicted molar refractivity (Wildman–Crippen MR) is 224 cm³/mol. The van der Waals surface area contributed by atoms with E-state index in [0.29, 0.717) is 25.7 Å². The van der Waals surface area contributed by atoms with Gasteiger partial charge in [0.05, 0.1) is 19.8 Å². The van der Waals surface area contributed by atoms with Crippen molar-refractivity contribution < 1.29 is 63.1 Å². The first-order chi connectivity index (χ1) is 28.8. The van der Waals surface area contributed by atoms with Crippen molar-refractivity contribution in [1.29, 1.82) is 0 Å². The monoisotopic (exact) mass is 858 g/mol. The lowest BCUT2D eigenvalue weighted by atomic mass is 10.1. The third-order valence-electron chi connectivity index (χ3n) is 9.64. The highest BCUT2D eigenvalue weighted by Crippen LogP contribution is 2.11. The smallest absolute Gasteiger partial charge is 0.329 e. The zero-order valence-electron chi connectivity index (χ0n) is 36.2. The number of rotatable bonds is 41. The molecule has 60 heavy (non-hydrogen) atoms. The summed E-state index contributed by atoms with van der Waals surface area (Å²) in [5, 5.41) is 40.9. The molecular formula is C42H75N5O13. The molecule has 0 aliphatic rings. The molecule has 0 spiro atoms. The minimum atomic E-state index is -1.28. The summed E-state index contributed by atoms with van der Waals surface area (Å²) in [5.74, 6) is -5.89. The van der Waals surface area contributed by atoms with Crippen molar-refractivity contribution in [2.24, 2.45) is 0 Å². The fourth-order valence-electron chi connectivity index (χ4n) is 6.16. The van der Waals surface area contributed by atoms with Gasteiger partial charge in [0.1, 0.15) is 24.7 Å². The largest absolute Gasteiger partial charge is 0.480 e. The second-order valence-corrected chi connectivity index (χ2v) is 15.1. The molecule has 0 aliphatic carbocycles. The lowest BCUT2D eigenvalue weighted by Gasteiger charge is -2.20. The van der Waals surface area contributed by atoms with E-state index in [4.69, 9.17) is 14.6 Å². The first kappa shape index (κ1) is 55.7. The molecule has 0 aromatic carbocycles. The Morgan fingerprint density at radius 1 is 0.433 bits per heavy atom. The van der Waals surface area contributed by atoms with Crippen molar-refractivity contribution in [3.8, 4) is 0 Å². The van der Waals surface area contributed by atoms with Crippen molar-refractivity contribution in [3.05, 3.63) is 0 Å². The van der Waals surface area contributed by atoms with Gasteiger partial charge in [-0.25, -0.2) is 14.4 Å². The topological polar surface area (TPSA) is 276 Å². The molecule has 8 N–H and O–H groups in total. The van der Waals surface area contributed by atoms with Crippen LogP contribution >= 0.6 is 0 Å². The van der Waals surface area contributed by atoms with Crippen molar-refractivity contribution in [2.45, 2.75) is 180 Å². The molecule has 0 rings (SSSR count). The second kappa shape index (κ2) is 37.7. The van der Waals surface area contributed by atoms with Crippen LogP contribution in [0, 0.1) is 0 Å². The molecule has 0 aromatic heterocycles. The van der Waals surface area contributed by atoms with E-state index >= 15 is 0 Å². The Balaban J connectivity index is 4.94. The zero-order valence-corrected chi connectivity index (χ0v) is 36.2. The third-order valence-corrected chi connectivity index (χ3v) is 9.64. The molecule has 18 nitrogen and oxygen atoms in total. The number of carbonyl (C=O) groups is 8. The Morgan fingerprint density at radius 3 is 1.38 bits per heavy atom. The first-order valence-electron chi connectivity index (χ1n) is 22.1. The van der Waals surface area contributed by atoms with Gasteiger partial charge in [-0.05, 0) is 44.9 Å². The number of unbranched alkanes of at least 4 members (excludes halogenated alkanes) is 13. The predicted octanol–water partition coefficient (Wildman–Crippen LogP) is 3.97. The van der Waals surface area contributed by atoms with Crippen LogP contribution in [0.3, 0.4) is 0 Å². The molecule has 0 heterocycles. The molecule has 0 unspecified atom stereocenters. The molecule has 346 valence electrons. The number of carboxylic acids is 3. The van der Waals surface area contributed by atoms with Crippen LogP contribution in [0.5, 0.6) is 0 Å². The molecule has 0 saturated heterocycles. The maximum Gasteiger partial charge on any atom is 0.329 e. The van der Waals surface area contributed by atoms with Gasteiger partial charge in [0.25, 0.3) is 0 Å². The summed E-state index contributed by atoms with van der Waals surface area (Å²) in [5.41, 5.74) is 0. The summed E-state index contributed by atoms with van der Waals surface area (Å²) in [6, 6.07) is -3.48. The number of nitrogens with one attached hydrogen (secondary N) is 5.